The zero-order chi connectivity index (χ0) is 24.8. The fraction of sp³-hybridized carbons (Fsp3) is 0.217. The number of aromatic carboxylic acids is 1. The van der Waals surface area contributed by atoms with Crippen LogP contribution in [-0.2, 0) is 20.9 Å². The summed E-state index contributed by atoms with van der Waals surface area (Å²) in [5, 5.41) is 11.6. The van der Waals surface area contributed by atoms with E-state index in [0.717, 1.165) is 12.0 Å². The van der Waals surface area contributed by atoms with Gasteiger partial charge in [0, 0.05) is 0 Å². The highest BCUT2D eigenvalue weighted by Crippen LogP contribution is 2.38. The van der Waals surface area contributed by atoms with E-state index in [-0.39, 0.29) is 17.9 Å². The van der Waals surface area contributed by atoms with Gasteiger partial charge >= 0.3 is 18.0 Å². The largest absolute Gasteiger partial charge is 0.490 e. The first kappa shape index (κ1) is 24.8. The van der Waals surface area contributed by atoms with Crippen LogP contribution in [0.4, 0.5) is 4.79 Å². The normalized spacial score (nSPS) is 14.2. The van der Waals surface area contributed by atoms with Crippen molar-refractivity contribution in [1.29, 1.82) is 0 Å². The maximum Gasteiger partial charge on any atom is 0.335 e. The summed E-state index contributed by atoms with van der Waals surface area (Å²) in [5.41, 5.74) is 1.32. The molecule has 10 nitrogen and oxygen atoms in total. The Hall–Kier alpha value is -3.86. The van der Waals surface area contributed by atoms with Crippen molar-refractivity contribution in [3.63, 3.8) is 0 Å². The van der Waals surface area contributed by atoms with Gasteiger partial charge in [-0.2, -0.15) is 0 Å². The first-order valence-corrected chi connectivity index (χ1v) is 10.9. The topological polar surface area (TPSA) is 131 Å². The molecule has 178 valence electrons. The Morgan fingerprint density at radius 1 is 1.18 bits per heavy atom. The average Bonchev–Trinajstić information content (AvgIpc) is 3.06. The van der Waals surface area contributed by atoms with Crippen molar-refractivity contribution in [2.24, 2.45) is 0 Å². The average molecular weight is 533 g/mol. The third-order valence-electron chi connectivity index (χ3n) is 4.68. The Bertz CT molecular complexity index is 1180. The number of rotatable bonds is 9. The van der Waals surface area contributed by atoms with E-state index in [4.69, 9.17) is 14.6 Å². The molecule has 0 spiro atoms. The predicted molar refractivity (Wildman–Crippen MR) is 123 cm³/mol. The summed E-state index contributed by atoms with van der Waals surface area (Å²) < 4.78 is 16.6. The number of hydrogen-bond donors (Lipinski definition) is 2. The van der Waals surface area contributed by atoms with Crippen molar-refractivity contribution >= 4 is 45.9 Å². The Morgan fingerprint density at radius 2 is 1.94 bits per heavy atom. The van der Waals surface area contributed by atoms with Crippen LogP contribution in [0.15, 0.2) is 46.6 Å². The first-order chi connectivity index (χ1) is 16.2. The lowest BCUT2D eigenvalue weighted by Crippen LogP contribution is -2.36. The number of ether oxygens (including phenoxy) is 3. The second kappa shape index (κ2) is 10.8. The molecule has 0 aliphatic carbocycles. The van der Waals surface area contributed by atoms with E-state index < -0.39 is 30.4 Å². The number of benzene rings is 2. The number of esters is 1. The number of nitrogens with zero attached hydrogens (tertiary/aromatic N) is 1. The van der Waals surface area contributed by atoms with E-state index in [1.54, 1.807) is 31.2 Å². The van der Waals surface area contributed by atoms with Crippen LogP contribution in [0.25, 0.3) is 6.08 Å². The van der Waals surface area contributed by atoms with E-state index in [0.29, 0.717) is 33.7 Å². The highest BCUT2D eigenvalue weighted by atomic mass is 79.9. The Balaban J connectivity index is 1.84. The van der Waals surface area contributed by atoms with Gasteiger partial charge < -0.3 is 24.6 Å². The molecule has 0 unspecified atom stereocenters. The van der Waals surface area contributed by atoms with E-state index >= 15 is 0 Å². The standard InChI is InChI=1S/C23H21BrN2O8/c1-3-33-18-10-14(9-17-21(28)26(23(31)25-17)11-19(27)32-2)8-16(24)20(18)34-12-13-5-4-6-15(7-13)22(29)30/h4-10H,3,11-12H2,1-2H3,(H,25,31)(H,29,30)/b17-9+. The molecule has 1 aliphatic rings. The van der Waals surface area contributed by atoms with Crippen molar-refractivity contribution < 1.29 is 38.5 Å². The van der Waals surface area contributed by atoms with Crippen LogP contribution in [0, 0.1) is 0 Å². The SMILES string of the molecule is CCOc1cc(/C=C2/NC(=O)N(CC(=O)OC)C2=O)cc(Br)c1OCc1cccc(C(=O)O)c1. The van der Waals surface area contributed by atoms with Crippen LogP contribution in [0.2, 0.25) is 0 Å². The molecule has 2 aromatic carbocycles. The maximum absolute atomic E-state index is 12.5. The number of nitrogens with one attached hydrogen (secondary N) is 1. The summed E-state index contributed by atoms with van der Waals surface area (Å²) in [6.07, 6.45) is 1.45. The molecular formula is C23H21BrN2O8. The minimum Gasteiger partial charge on any atom is -0.490 e. The number of amides is 3. The first-order valence-electron chi connectivity index (χ1n) is 10.1. The maximum atomic E-state index is 12.5. The molecule has 0 aromatic heterocycles. The van der Waals surface area contributed by atoms with Gasteiger partial charge in [0.25, 0.3) is 5.91 Å². The minimum atomic E-state index is -1.03. The Kier molecular flexibility index (Phi) is 7.90. The monoisotopic (exact) mass is 532 g/mol. The summed E-state index contributed by atoms with van der Waals surface area (Å²) in [5.74, 6) is -1.65. The predicted octanol–water partition coefficient (Wildman–Crippen LogP) is 3.19. The molecule has 1 aliphatic heterocycles. The molecule has 0 atom stereocenters. The molecule has 0 radical (unpaired) electrons. The smallest absolute Gasteiger partial charge is 0.335 e. The zero-order valence-electron chi connectivity index (χ0n) is 18.3. The summed E-state index contributed by atoms with van der Waals surface area (Å²) in [6.45, 7) is 1.73. The highest BCUT2D eigenvalue weighted by molar-refractivity contribution is 9.10. The van der Waals surface area contributed by atoms with Gasteiger partial charge in [0.1, 0.15) is 18.8 Å². The van der Waals surface area contributed by atoms with Gasteiger partial charge in [-0.3, -0.25) is 9.59 Å². The minimum absolute atomic E-state index is 0.0117. The van der Waals surface area contributed by atoms with E-state index in [9.17, 15) is 19.2 Å². The van der Waals surface area contributed by atoms with Crippen molar-refractivity contribution in [2.45, 2.75) is 13.5 Å². The van der Waals surface area contributed by atoms with E-state index in [1.807, 2.05) is 0 Å². The fourth-order valence-electron chi connectivity index (χ4n) is 3.10. The van der Waals surface area contributed by atoms with Gasteiger partial charge in [-0.25, -0.2) is 14.5 Å². The molecule has 0 bridgehead atoms. The molecule has 34 heavy (non-hydrogen) atoms. The number of carboxylic acid groups (broad SMARTS) is 1. The number of carboxylic acids is 1. The number of halogens is 1. The number of imide groups is 1. The lowest BCUT2D eigenvalue weighted by Gasteiger charge is -2.15. The van der Waals surface area contributed by atoms with E-state index in [2.05, 4.69) is 26.0 Å². The molecule has 1 heterocycles. The van der Waals surface area contributed by atoms with Gasteiger partial charge in [0.15, 0.2) is 11.5 Å². The van der Waals surface area contributed by atoms with Crippen LogP contribution >= 0.6 is 15.9 Å². The molecule has 0 saturated carbocycles. The molecule has 3 amide bonds. The molecular weight excluding hydrogens is 512 g/mol. The number of carbonyl (C=O) groups is 4. The van der Waals surface area contributed by atoms with Crippen molar-refractivity contribution in [3.05, 3.63) is 63.3 Å². The fourth-order valence-corrected chi connectivity index (χ4v) is 3.67. The van der Waals surface area contributed by atoms with Crippen LogP contribution in [0.3, 0.4) is 0 Å². The van der Waals surface area contributed by atoms with Crippen LogP contribution in [0.1, 0.15) is 28.4 Å². The lowest BCUT2D eigenvalue weighted by molar-refractivity contribution is -0.143. The van der Waals surface area contributed by atoms with Gasteiger partial charge in [0.2, 0.25) is 0 Å². The second-order valence-corrected chi connectivity index (χ2v) is 7.87. The van der Waals surface area contributed by atoms with Gasteiger partial charge in [-0.1, -0.05) is 12.1 Å². The van der Waals surface area contributed by atoms with Crippen molar-refractivity contribution in [3.8, 4) is 11.5 Å². The molecule has 11 heteroatoms. The van der Waals surface area contributed by atoms with Gasteiger partial charge in [-0.15, -0.1) is 0 Å². The van der Waals surface area contributed by atoms with E-state index in [1.165, 1.54) is 18.2 Å². The summed E-state index contributed by atoms with van der Waals surface area (Å²) >= 11 is 3.44. The number of hydrogen-bond acceptors (Lipinski definition) is 7. The van der Waals surface area contributed by atoms with Crippen LogP contribution in [0.5, 0.6) is 11.5 Å². The summed E-state index contributed by atoms with van der Waals surface area (Å²) in [7, 11) is 1.16. The molecule has 2 N–H and O–H groups in total. The molecule has 1 fully saturated rings. The zero-order valence-corrected chi connectivity index (χ0v) is 19.9. The van der Waals surface area contributed by atoms with Crippen LogP contribution in [-0.4, -0.2) is 54.1 Å². The second-order valence-electron chi connectivity index (χ2n) is 7.01. The highest BCUT2D eigenvalue weighted by Gasteiger charge is 2.35. The third kappa shape index (κ3) is 5.73. The molecule has 1 saturated heterocycles. The number of urea groups is 1. The van der Waals surface area contributed by atoms with Crippen molar-refractivity contribution in [2.75, 3.05) is 20.3 Å². The third-order valence-corrected chi connectivity index (χ3v) is 5.27. The molecule has 3 rings (SSSR count). The lowest BCUT2D eigenvalue weighted by atomic mass is 10.1. The summed E-state index contributed by atoms with van der Waals surface area (Å²) in [4.78, 5) is 48.0. The summed E-state index contributed by atoms with van der Waals surface area (Å²) in [6, 6.07) is 8.96. The van der Waals surface area contributed by atoms with Gasteiger partial charge in [-0.05, 0) is 64.3 Å². The number of carbonyl (C=O) groups excluding carboxylic acids is 3. The Labute approximate surface area is 203 Å². The quantitative estimate of drug-likeness (QED) is 0.286. The van der Waals surface area contributed by atoms with Gasteiger partial charge in [0.05, 0.1) is 23.8 Å². The molecule has 2 aromatic rings. The Morgan fingerprint density at radius 3 is 2.62 bits per heavy atom. The number of methoxy groups -OCH3 is 1. The van der Waals surface area contributed by atoms with Crippen LogP contribution < -0.4 is 14.8 Å². The van der Waals surface area contributed by atoms with Crippen molar-refractivity contribution in [1.82, 2.24) is 10.2 Å².